The van der Waals surface area contributed by atoms with Crippen molar-refractivity contribution in [3.8, 4) is 5.75 Å². The molecule has 0 saturated carbocycles. The maximum atomic E-state index is 11.7. The fourth-order valence-corrected chi connectivity index (χ4v) is 2.00. The zero-order valence-corrected chi connectivity index (χ0v) is 14.1. The monoisotopic (exact) mass is 314 g/mol. The van der Waals surface area contributed by atoms with E-state index in [1.807, 2.05) is 32.2 Å². The highest BCUT2D eigenvalue weighted by Crippen LogP contribution is 2.25. The Morgan fingerprint density at radius 2 is 1.90 bits per heavy atom. The third kappa shape index (κ3) is 6.82. The van der Waals surface area contributed by atoms with Crippen LogP contribution in [0.3, 0.4) is 0 Å². The smallest absolute Gasteiger partial charge is 0.224 e. The van der Waals surface area contributed by atoms with Crippen molar-refractivity contribution in [2.24, 2.45) is 5.92 Å². The van der Waals surface area contributed by atoms with Crippen LogP contribution in [0.5, 0.6) is 5.75 Å². The third-order valence-electron chi connectivity index (χ3n) is 3.16. The van der Waals surface area contributed by atoms with Gasteiger partial charge in [-0.25, -0.2) is 0 Å². The summed E-state index contributed by atoms with van der Waals surface area (Å²) in [7, 11) is 1.84. The summed E-state index contributed by atoms with van der Waals surface area (Å²) < 4.78 is 5.76. The number of ether oxygens (including phenoxy) is 1. The molecule has 0 bridgehead atoms. The van der Waals surface area contributed by atoms with Crippen LogP contribution < -0.4 is 15.4 Å². The lowest BCUT2D eigenvalue weighted by atomic mass is 10.0. The maximum Gasteiger partial charge on any atom is 0.224 e. The Hall–Kier alpha value is -1.26. The SMILES string of the molecule is CNCC(C)C(=O)NCCOc1ccccc1C(C)C.Cl. The maximum absolute atomic E-state index is 11.7. The van der Waals surface area contributed by atoms with Gasteiger partial charge in [0.1, 0.15) is 12.4 Å². The molecule has 5 heteroatoms. The Morgan fingerprint density at radius 1 is 1.24 bits per heavy atom. The summed E-state index contributed by atoms with van der Waals surface area (Å²) in [6, 6.07) is 8.03. The summed E-state index contributed by atoms with van der Waals surface area (Å²) in [5, 5.41) is 5.87. The minimum atomic E-state index is -0.0250. The predicted molar refractivity (Wildman–Crippen MR) is 89.4 cm³/mol. The number of para-hydroxylation sites is 1. The van der Waals surface area contributed by atoms with E-state index in [4.69, 9.17) is 4.74 Å². The lowest BCUT2D eigenvalue weighted by molar-refractivity contribution is -0.124. The summed E-state index contributed by atoms with van der Waals surface area (Å²) in [6.45, 7) is 7.89. The molecule has 0 aliphatic carbocycles. The molecule has 2 N–H and O–H groups in total. The Kier molecular flexibility index (Phi) is 9.84. The van der Waals surface area contributed by atoms with Crippen molar-refractivity contribution in [3.05, 3.63) is 29.8 Å². The van der Waals surface area contributed by atoms with Crippen LogP contribution in [0.2, 0.25) is 0 Å². The first kappa shape index (κ1) is 19.7. The van der Waals surface area contributed by atoms with E-state index >= 15 is 0 Å². The Balaban J connectivity index is 0.00000400. The number of hydrogen-bond acceptors (Lipinski definition) is 3. The van der Waals surface area contributed by atoms with Crippen molar-refractivity contribution in [1.82, 2.24) is 10.6 Å². The Bertz CT molecular complexity index is 424. The molecule has 4 nitrogen and oxygen atoms in total. The molecule has 1 aromatic rings. The van der Waals surface area contributed by atoms with Crippen molar-refractivity contribution in [1.29, 1.82) is 0 Å². The van der Waals surface area contributed by atoms with Crippen LogP contribution >= 0.6 is 12.4 Å². The lowest BCUT2D eigenvalue weighted by Gasteiger charge is -2.15. The van der Waals surface area contributed by atoms with Crippen LogP contribution in [0.1, 0.15) is 32.3 Å². The number of carbonyl (C=O) groups is 1. The fourth-order valence-electron chi connectivity index (χ4n) is 2.00. The highest BCUT2D eigenvalue weighted by atomic mass is 35.5. The van der Waals surface area contributed by atoms with Crippen molar-refractivity contribution < 1.29 is 9.53 Å². The Morgan fingerprint density at radius 3 is 2.52 bits per heavy atom. The van der Waals surface area contributed by atoms with E-state index in [9.17, 15) is 4.79 Å². The topological polar surface area (TPSA) is 50.4 Å². The summed E-state index contributed by atoms with van der Waals surface area (Å²) in [5.74, 6) is 1.36. The van der Waals surface area contributed by atoms with Crippen molar-refractivity contribution in [2.45, 2.75) is 26.7 Å². The highest BCUT2D eigenvalue weighted by Gasteiger charge is 2.11. The first-order valence-electron chi connectivity index (χ1n) is 7.20. The second-order valence-electron chi connectivity index (χ2n) is 5.29. The molecular weight excluding hydrogens is 288 g/mol. The van der Waals surface area contributed by atoms with Gasteiger partial charge in [0.25, 0.3) is 0 Å². The summed E-state index contributed by atoms with van der Waals surface area (Å²) in [5.41, 5.74) is 1.20. The van der Waals surface area contributed by atoms with Crippen molar-refractivity contribution in [2.75, 3.05) is 26.7 Å². The van der Waals surface area contributed by atoms with Gasteiger partial charge in [-0.3, -0.25) is 4.79 Å². The van der Waals surface area contributed by atoms with Crippen LogP contribution in [0.4, 0.5) is 0 Å². The fraction of sp³-hybridized carbons (Fsp3) is 0.562. The van der Waals surface area contributed by atoms with Gasteiger partial charge in [-0.15, -0.1) is 12.4 Å². The van der Waals surface area contributed by atoms with E-state index in [2.05, 4.69) is 30.5 Å². The van der Waals surface area contributed by atoms with E-state index in [1.54, 1.807) is 0 Å². The largest absolute Gasteiger partial charge is 0.491 e. The number of benzene rings is 1. The van der Waals surface area contributed by atoms with E-state index in [1.165, 1.54) is 5.56 Å². The molecule has 1 atom stereocenters. The third-order valence-corrected chi connectivity index (χ3v) is 3.16. The second kappa shape index (κ2) is 10.5. The number of carbonyl (C=O) groups excluding carboxylic acids is 1. The molecule has 1 aromatic carbocycles. The standard InChI is InChI=1S/C16H26N2O2.ClH/c1-12(2)14-7-5-6-8-15(14)20-10-9-18-16(19)13(3)11-17-4;/h5-8,12-13,17H,9-11H2,1-4H3,(H,18,19);1H. The zero-order chi connectivity index (χ0) is 15.0. The number of rotatable bonds is 8. The zero-order valence-electron chi connectivity index (χ0n) is 13.3. The lowest BCUT2D eigenvalue weighted by Crippen LogP contribution is -2.36. The van der Waals surface area contributed by atoms with Gasteiger partial charge in [-0.05, 0) is 24.6 Å². The molecule has 0 radical (unpaired) electrons. The van der Waals surface area contributed by atoms with Crippen LogP contribution in [0.25, 0.3) is 0 Å². The van der Waals surface area contributed by atoms with Gasteiger partial charge in [0.2, 0.25) is 5.91 Å². The van der Waals surface area contributed by atoms with Crippen LogP contribution in [0.15, 0.2) is 24.3 Å². The van der Waals surface area contributed by atoms with Gasteiger partial charge in [0, 0.05) is 12.5 Å². The molecule has 0 spiro atoms. The second-order valence-corrected chi connectivity index (χ2v) is 5.29. The minimum absolute atomic E-state index is 0. The molecule has 21 heavy (non-hydrogen) atoms. The first-order valence-corrected chi connectivity index (χ1v) is 7.20. The van der Waals surface area contributed by atoms with Gasteiger partial charge in [-0.1, -0.05) is 39.0 Å². The molecule has 0 aliphatic rings. The summed E-state index contributed by atoms with van der Waals surface area (Å²) in [6.07, 6.45) is 0. The average molecular weight is 315 g/mol. The highest BCUT2D eigenvalue weighted by molar-refractivity contribution is 5.85. The molecule has 120 valence electrons. The van der Waals surface area contributed by atoms with Crippen molar-refractivity contribution in [3.63, 3.8) is 0 Å². The van der Waals surface area contributed by atoms with E-state index in [-0.39, 0.29) is 24.2 Å². The molecular formula is C16H27ClN2O2. The molecule has 0 aliphatic heterocycles. The van der Waals surface area contributed by atoms with Gasteiger partial charge < -0.3 is 15.4 Å². The van der Waals surface area contributed by atoms with Gasteiger partial charge in [-0.2, -0.15) is 0 Å². The summed E-state index contributed by atoms with van der Waals surface area (Å²) in [4.78, 5) is 11.7. The summed E-state index contributed by atoms with van der Waals surface area (Å²) >= 11 is 0. The number of hydrogen-bond donors (Lipinski definition) is 2. The van der Waals surface area contributed by atoms with Crippen LogP contribution in [-0.4, -0.2) is 32.7 Å². The molecule has 0 heterocycles. The first-order chi connectivity index (χ1) is 9.56. The Labute approximate surface area is 134 Å². The van der Waals surface area contributed by atoms with Crippen LogP contribution in [-0.2, 0) is 4.79 Å². The molecule has 0 saturated heterocycles. The van der Waals surface area contributed by atoms with Gasteiger partial charge in [0.05, 0.1) is 6.54 Å². The number of nitrogens with one attached hydrogen (secondary N) is 2. The molecule has 0 fully saturated rings. The predicted octanol–water partition coefficient (Wildman–Crippen LogP) is 2.58. The quantitative estimate of drug-likeness (QED) is 0.725. The molecule has 1 rings (SSSR count). The normalized spacial score (nSPS) is 11.7. The van der Waals surface area contributed by atoms with Gasteiger partial charge >= 0.3 is 0 Å². The number of halogens is 1. The van der Waals surface area contributed by atoms with Crippen LogP contribution in [0, 0.1) is 5.92 Å². The average Bonchev–Trinajstić information content (AvgIpc) is 2.43. The van der Waals surface area contributed by atoms with E-state index in [0.29, 0.717) is 25.6 Å². The van der Waals surface area contributed by atoms with Gasteiger partial charge in [0.15, 0.2) is 0 Å². The minimum Gasteiger partial charge on any atom is -0.491 e. The van der Waals surface area contributed by atoms with Crippen molar-refractivity contribution >= 4 is 18.3 Å². The molecule has 1 amide bonds. The van der Waals surface area contributed by atoms with E-state index in [0.717, 1.165) is 5.75 Å². The number of amides is 1. The molecule has 0 aromatic heterocycles. The van der Waals surface area contributed by atoms with E-state index < -0.39 is 0 Å². The molecule has 1 unspecified atom stereocenters.